The van der Waals surface area contributed by atoms with Crippen molar-refractivity contribution in [1.82, 2.24) is 5.32 Å². The molecule has 1 aliphatic rings. The number of phenols is 1. The van der Waals surface area contributed by atoms with Crippen LogP contribution in [0.3, 0.4) is 0 Å². The lowest BCUT2D eigenvalue weighted by Crippen LogP contribution is -2.28. The molecule has 0 bridgehead atoms. The zero-order valence-corrected chi connectivity index (χ0v) is 9.58. The van der Waals surface area contributed by atoms with Crippen LogP contribution in [0.2, 0.25) is 0 Å². The van der Waals surface area contributed by atoms with Crippen LogP contribution in [0.1, 0.15) is 36.0 Å². The van der Waals surface area contributed by atoms with Gasteiger partial charge in [0.05, 0.1) is 0 Å². The standard InChI is InChI=1S/C13H16FNO2/c14-10-5-2-6-11(16)12(10)13(17)15-8-7-9-3-1-4-9/h2,5-6,9,16H,1,3-4,7-8H2,(H,15,17). The molecule has 1 fully saturated rings. The van der Waals surface area contributed by atoms with Gasteiger partial charge in [0, 0.05) is 6.54 Å². The third kappa shape index (κ3) is 2.75. The van der Waals surface area contributed by atoms with Crippen LogP contribution in [0, 0.1) is 11.7 Å². The van der Waals surface area contributed by atoms with Crippen molar-refractivity contribution in [3.05, 3.63) is 29.6 Å². The molecule has 0 aliphatic heterocycles. The summed E-state index contributed by atoms with van der Waals surface area (Å²) in [6.45, 7) is 0.539. The SMILES string of the molecule is O=C(NCCC1CCC1)c1c(O)cccc1F. The summed E-state index contributed by atoms with van der Waals surface area (Å²) in [7, 11) is 0. The van der Waals surface area contributed by atoms with Gasteiger partial charge in [0.15, 0.2) is 0 Å². The van der Waals surface area contributed by atoms with E-state index in [0.29, 0.717) is 12.5 Å². The quantitative estimate of drug-likeness (QED) is 0.845. The molecule has 0 heterocycles. The van der Waals surface area contributed by atoms with Gasteiger partial charge in [0.25, 0.3) is 5.91 Å². The maximum atomic E-state index is 13.3. The first-order valence-corrected chi connectivity index (χ1v) is 5.94. The normalized spacial score (nSPS) is 15.4. The highest BCUT2D eigenvalue weighted by Crippen LogP contribution is 2.28. The second kappa shape index (κ2) is 5.17. The number of amides is 1. The van der Waals surface area contributed by atoms with Gasteiger partial charge in [-0.25, -0.2) is 4.39 Å². The van der Waals surface area contributed by atoms with Crippen molar-refractivity contribution in [2.24, 2.45) is 5.92 Å². The van der Waals surface area contributed by atoms with E-state index in [4.69, 9.17) is 0 Å². The van der Waals surface area contributed by atoms with Crippen molar-refractivity contribution >= 4 is 5.91 Å². The molecule has 0 saturated heterocycles. The van der Waals surface area contributed by atoms with Gasteiger partial charge >= 0.3 is 0 Å². The van der Waals surface area contributed by atoms with E-state index < -0.39 is 11.7 Å². The largest absolute Gasteiger partial charge is 0.507 e. The van der Waals surface area contributed by atoms with Crippen LogP contribution in [0.15, 0.2) is 18.2 Å². The molecule has 0 radical (unpaired) electrons. The summed E-state index contributed by atoms with van der Waals surface area (Å²) in [5.41, 5.74) is -0.263. The summed E-state index contributed by atoms with van der Waals surface area (Å²) < 4.78 is 13.3. The molecule has 1 saturated carbocycles. The van der Waals surface area contributed by atoms with Gasteiger partial charge in [-0.1, -0.05) is 25.3 Å². The molecular weight excluding hydrogens is 221 g/mol. The van der Waals surface area contributed by atoms with Crippen LogP contribution in [0.5, 0.6) is 5.75 Å². The number of hydrogen-bond donors (Lipinski definition) is 2. The molecule has 17 heavy (non-hydrogen) atoms. The molecule has 1 aromatic rings. The smallest absolute Gasteiger partial charge is 0.258 e. The Kier molecular flexibility index (Phi) is 3.61. The number of benzene rings is 1. The summed E-state index contributed by atoms with van der Waals surface area (Å²) >= 11 is 0. The molecule has 0 aromatic heterocycles. The highest BCUT2D eigenvalue weighted by molar-refractivity contribution is 5.97. The van der Waals surface area contributed by atoms with Crippen LogP contribution < -0.4 is 5.32 Å². The molecule has 1 aromatic carbocycles. The molecule has 4 heteroatoms. The Hall–Kier alpha value is -1.58. The van der Waals surface area contributed by atoms with E-state index in [2.05, 4.69) is 5.32 Å². The predicted molar refractivity (Wildman–Crippen MR) is 62.4 cm³/mol. The second-order valence-electron chi connectivity index (χ2n) is 4.48. The lowest BCUT2D eigenvalue weighted by molar-refractivity contribution is 0.0942. The topological polar surface area (TPSA) is 49.3 Å². The number of carbonyl (C=O) groups is 1. The first kappa shape index (κ1) is 11.9. The fourth-order valence-corrected chi connectivity index (χ4v) is 2.00. The summed E-state index contributed by atoms with van der Waals surface area (Å²) in [4.78, 5) is 11.7. The zero-order chi connectivity index (χ0) is 12.3. The number of carbonyl (C=O) groups excluding carboxylic acids is 1. The van der Waals surface area contributed by atoms with Crippen molar-refractivity contribution in [2.75, 3.05) is 6.54 Å². The first-order valence-electron chi connectivity index (χ1n) is 5.94. The lowest BCUT2D eigenvalue weighted by atomic mass is 9.83. The molecule has 0 atom stereocenters. The molecule has 0 unspecified atom stereocenters. The minimum absolute atomic E-state index is 0.263. The molecule has 92 valence electrons. The Morgan fingerprint density at radius 3 is 2.82 bits per heavy atom. The number of nitrogens with one attached hydrogen (secondary N) is 1. The minimum Gasteiger partial charge on any atom is -0.507 e. The Balaban J connectivity index is 1.90. The Morgan fingerprint density at radius 2 is 2.24 bits per heavy atom. The van der Waals surface area contributed by atoms with Crippen molar-refractivity contribution in [1.29, 1.82) is 0 Å². The van der Waals surface area contributed by atoms with E-state index in [1.165, 1.54) is 37.5 Å². The van der Waals surface area contributed by atoms with Crippen LogP contribution in [0.4, 0.5) is 4.39 Å². The van der Waals surface area contributed by atoms with Gasteiger partial charge in [0.1, 0.15) is 17.1 Å². The molecule has 1 amide bonds. The van der Waals surface area contributed by atoms with E-state index in [-0.39, 0.29) is 11.3 Å². The van der Waals surface area contributed by atoms with E-state index in [9.17, 15) is 14.3 Å². The average molecular weight is 237 g/mol. The fraction of sp³-hybridized carbons (Fsp3) is 0.462. The Morgan fingerprint density at radius 1 is 1.47 bits per heavy atom. The average Bonchev–Trinajstić information content (AvgIpc) is 2.21. The van der Waals surface area contributed by atoms with E-state index in [1.54, 1.807) is 0 Å². The van der Waals surface area contributed by atoms with E-state index in [1.807, 2.05) is 0 Å². The number of phenolic OH excluding ortho intramolecular Hbond substituents is 1. The highest BCUT2D eigenvalue weighted by Gasteiger charge is 2.19. The van der Waals surface area contributed by atoms with Crippen molar-refractivity contribution in [2.45, 2.75) is 25.7 Å². The summed E-state index contributed by atoms with van der Waals surface area (Å²) in [5.74, 6) is -0.846. The van der Waals surface area contributed by atoms with Gasteiger partial charge < -0.3 is 10.4 Å². The molecule has 2 rings (SSSR count). The van der Waals surface area contributed by atoms with Gasteiger partial charge in [-0.05, 0) is 24.5 Å². The predicted octanol–water partition coefficient (Wildman–Crippen LogP) is 2.45. The van der Waals surface area contributed by atoms with Crippen LogP contribution >= 0.6 is 0 Å². The second-order valence-corrected chi connectivity index (χ2v) is 4.48. The van der Waals surface area contributed by atoms with Crippen LogP contribution in [0.25, 0.3) is 0 Å². The number of aromatic hydroxyl groups is 1. The minimum atomic E-state index is -0.689. The molecule has 3 nitrogen and oxygen atoms in total. The third-order valence-corrected chi connectivity index (χ3v) is 3.28. The fourth-order valence-electron chi connectivity index (χ4n) is 2.00. The van der Waals surface area contributed by atoms with Gasteiger partial charge in [-0.15, -0.1) is 0 Å². The van der Waals surface area contributed by atoms with Crippen molar-refractivity contribution in [3.63, 3.8) is 0 Å². The number of halogens is 1. The molecular formula is C13H16FNO2. The van der Waals surface area contributed by atoms with E-state index in [0.717, 1.165) is 6.42 Å². The maximum Gasteiger partial charge on any atom is 0.258 e. The Bertz CT molecular complexity index is 396. The first-order chi connectivity index (χ1) is 8.18. The number of hydrogen-bond acceptors (Lipinski definition) is 2. The third-order valence-electron chi connectivity index (χ3n) is 3.28. The van der Waals surface area contributed by atoms with E-state index >= 15 is 0 Å². The molecule has 0 spiro atoms. The van der Waals surface area contributed by atoms with Crippen LogP contribution in [-0.4, -0.2) is 17.6 Å². The maximum absolute atomic E-state index is 13.3. The van der Waals surface area contributed by atoms with Gasteiger partial charge in [-0.3, -0.25) is 4.79 Å². The zero-order valence-electron chi connectivity index (χ0n) is 9.58. The summed E-state index contributed by atoms with van der Waals surface area (Å²) in [5, 5.41) is 12.1. The highest BCUT2D eigenvalue weighted by atomic mass is 19.1. The summed E-state index contributed by atoms with van der Waals surface area (Å²) in [6.07, 6.45) is 4.65. The van der Waals surface area contributed by atoms with Crippen LogP contribution in [-0.2, 0) is 0 Å². The van der Waals surface area contributed by atoms with Crippen molar-refractivity contribution in [3.8, 4) is 5.75 Å². The molecule has 1 aliphatic carbocycles. The van der Waals surface area contributed by atoms with Crippen molar-refractivity contribution < 1.29 is 14.3 Å². The Labute approximate surface area is 99.7 Å². The van der Waals surface area contributed by atoms with Gasteiger partial charge in [-0.2, -0.15) is 0 Å². The monoisotopic (exact) mass is 237 g/mol. The number of rotatable bonds is 4. The summed E-state index contributed by atoms with van der Waals surface area (Å²) in [6, 6.07) is 3.85. The van der Waals surface area contributed by atoms with Gasteiger partial charge in [0.2, 0.25) is 0 Å². The molecule has 2 N–H and O–H groups in total. The lowest BCUT2D eigenvalue weighted by Gasteiger charge is -2.25.